The van der Waals surface area contributed by atoms with Crippen molar-refractivity contribution in [1.29, 1.82) is 0 Å². The highest BCUT2D eigenvalue weighted by Crippen LogP contribution is 2.23. The summed E-state index contributed by atoms with van der Waals surface area (Å²) in [7, 11) is 0. The average Bonchev–Trinajstić information content (AvgIpc) is 2.81. The predicted molar refractivity (Wildman–Crippen MR) is 92.1 cm³/mol. The summed E-state index contributed by atoms with van der Waals surface area (Å²) in [6, 6.07) is 5.51. The van der Waals surface area contributed by atoms with Gasteiger partial charge in [-0.15, -0.1) is 5.10 Å². The molecule has 2 rings (SSSR count). The molecule has 1 fully saturated rings. The van der Waals surface area contributed by atoms with Crippen LogP contribution in [0, 0.1) is 0 Å². The molecule has 0 bridgehead atoms. The van der Waals surface area contributed by atoms with Crippen molar-refractivity contribution in [3.05, 3.63) is 28.2 Å². The minimum atomic E-state index is -1.03. The summed E-state index contributed by atoms with van der Waals surface area (Å²) >= 11 is 4.43. The van der Waals surface area contributed by atoms with Gasteiger partial charge >= 0.3 is 5.97 Å². The summed E-state index contributed by atoms with van der Waals surface area (Å²) in [5.74, 6) is -0.729. The first-order valence-corrected chi connectivity index (χ1v) is 8.39. The molecule has 0 unspecified atom stereocenters. The maximum absolute atomic E-state index is 11.6. The van der Waals surface area contributed by atoms with Crippen molar-refractivity contribution >= 4 is 51.0 Å². The van der Waals surface area contributed by atoms with Crippen molar-refractivity contribution in [3.8, 4) is 5.75 Å². The number of nitrogens with zero attached hydrogens (tertiary/aromatic N) is 2. The third-order valence-electron chi connectivity index (χ3n) is 2.75. The van der Waals surface area contributed by atoms with Gasteiger partial charge in [0.25, 0.3) is 0 Å². The Balaban J connectivity index is 2.08. The number of aliphatic carboxylic acids is 1. The number of carbonyl (C=O) groups is 2. The van der Waals surface area contributed by atoms with Crippen LogP contribution in [-0.2, 0) is 9.59 Å². The van der Waals surface area contributed by atoms with Gasteiger partial charge in [-0.05, 0) is 25.1 Å². The molecule has 23 heavy (non-hydrogen) atoms. The van der Waals surface area contributed by atoms with Crippen LogP contribution in [0.25, 0.3) is 0 Å². The molecule has 2 N–H and O–H groups in total. The van der Waals surface area contributed by atoms with E-state index in [4.69, 9.17) is 9.84 Å². The van der Waals surface area contributed by atoms with Gasteiger partial charge in [0.2, 0.25) is 5.91 Å². The van der Waals surface area contributed by atoms with Crippen molar-refractivity contribution in [2.24, 2.45) is 10.2 Å². The van der Waals surface area contributed by atoms with E-state index in [0.29, 0.717) is 12.4 Å². The van der Waals surface area contributed by atoms with Crippen LogP contribution in [0.2, 0.25) is 0 Å². The van der Waals surface area contributed by atoms with Gasteiger partial charge < -0.3 is 15.2 Å². The molecule has 1 heterocycles. The van der Waals surface area contributed by atoms with Gasteiger partial charge in [-0.2, -0.15) is 5.10 Å². The van der Waals surface area contributed by atoms with Crippen LogP contribution >= 0.6 is 27.7 Å². The van der Waals surface area contributed by atoms with Crippen LogP contribution in [0.3, 0.4) is 0 Å². The lowest BCUT2D eigenvalue weighted by molar-refractivity contribution is -0.138. The smallest absolute Gasteiger partial charge is 0.305 e. The second kappa shape index (κ2) is 8.11. The molecule has 122 valence electrons. The third-order valence-corrected chi connectivity index (χ3v) is 4.32. The fourth-order valence-corrected chi connectivity index (χ4v) is 3.09. The highest BCUT2D eigenvalue weighted by Gasteiger charge is 2.32. The van der Waals surface area contributed by atoms with E-state index < -0.39 is 11.2 Å². The highest BCUT2D eigenvalue weighted by molar-refractivity contribution is 9.10. The molecule has 9 heteroatoms. The van der Waals surface area contributed by atoms with E-state index >= 15 is 0 Å². The van der Waals surface area contributed by atoms with E-state index in [1.807, 2.05) is 25.1 Å². The minimum Gasteiger partial charge on any atom is -0.493 e. The number of amides is 1. The summed E-state index contributed by atoms with van der Waals surface area (Å²) in [5.41, 5.74) is 0.738. The number of thioether (sulfide) groups is 1. The second-order valence-corrected chi connectivity index (χ2v) is 6.57. The maximum Gasteiger partial charge on any atom is 0.305 e. The van der Waals surface area contributed by atoms with E-state index in [9.17, 15) is 9.59 Å². The van der Waals surface area contributed by atoms with Gasteiger partial charge in [0.05, 0.1) is 19.2 Å². The maximum atomic E-state index is 11.6. The van der Waals surface area contributed by atoms with E-state index in [-0.39, 0.29) is 17.5 Å². The fourth-order valence-electron chi connectivity index (χ4n) is 1.80. The number of halogens is 1. The topological polar surface area (TPSA) is 100 Å². The number of carboxylic acid groups (broad SMARTS) is 1. The summed E-state index contributed by atoms with van der Waals surface area (Å²) in [6.45, 7) is 2.41. The third kappa shape index (κ3) is 5.07. The number of rotatable bonds is 6. The summed E-state index contributed by atoms with van der Waals surface area (Å²) in [6.07, 6.45) is 1.26. The molecule has 7 nitrogen and oxygen atoms in total. The number of nitrogens with one attached hydrogen (secondary N) is 1. The molecule has 1 aliphatic rings. The van der Waals surface area contributed by atoms with Gasteiger partial charge in [-0.25, -0.2) is 0 Å². The number of ether oxygens (including phenoxy) is 1. The number of carbonyl (C=O) groups excluding carboxylic acids is 1. The zero-order valence-corrected chi connectivity index (χ0v) is 14.6. The van der Waals surface area contributed by atoms with Crippen LogP contribution in [0.15, 0.2) is 32.9 Å². The van der Waals surface area contributed by atoms with Gasteiger partial charge in [0, 0.05) is 10.0 Å². The first kappa shape index (κ1) is 17.5. The Morgan fingerprint density at radius 2 is 2.35 bits per heavy atom. The Morgan fingerprint density at radius 3 is 3.04 bits per heavy atom. The van der Waals surface area contributed by atoms with Crippen molar-refractivity contribution in [3.63, 3.8) is 0 Å². The van der Waals surface area contributed by atoms with Crippen LogP contribution < -0.4 is 10.1 Å². The Bertz CT molecular complexity index is 678. The second-order valence-electron chi connectivity index (χ2n) is 4.46. The normalized spacial score (nSPS) is 19.3. The van der Waals surface area contributed by atoms with E-state index in [0.717, 1.165) is 21.8 Å². The van der Waals surface area contributed by atoms with Crippen molar-refractivity contribution in [1.82, 2.24) is 5.32 Å². The van der Waals surface area contributed by atoms with Gasteiger partial charge in [0.15, 0.2) is 5.17 Å². The number of benzene rings is 1. The monoisotopic (exact) mass is 399 g/mol. The lowest BCUT2D eigenvalue weighted by Crippen LogP contribution is -2.26. The fraction of sp³-hybridized carbons (Fsp3) is 0.286. The van der Waals surface area contributed by atoms with Crippen molar-refractivity contribution < 1.29 is 19.4 Å². The summed E-state index contributed by atoms with van der Waals surface area (Å²) < 4.78 is 6.37. The molecule has 0 saturated carbocycles. The standard InChI is InChI=1S/C14H14BrN3O4S/c1-2-22-10-4-3-9(15)5-8(10)7-16-18-14-17-13(21)11(23-14)6-12(19)20/h3-5,7,11H,2,6H2,1H3,(H,19,20)(H,17,18,21)/b16-7-/t11-/m1/s1. The molecule has 0 radical (unpaired) electrons. The number of carboxylic acids is 1. The highest BCUT2D eigenvalue weighted by atomic mass is 79.9. The molecule has 1 atom stereocenters. The first-order chi connectivity index (χ1) is 11.0. The first-order valence-electron chi connectivity index (χ1n) is 6.72. The predicted octanol–water partition coefficient (Wildman–Crippen LogP) is 2.24. The van der Waals surface area contributed by atoms with E-state index in [1.165, 1.54) is 6.21 Å². The Morgan fingerprint density at radius 1 is 1.57 bits per heavy atom. The minimum absolute atomic E-state index is 0.251. The Kier molecular flexibility index (Phi) is 6.17. The zero-order valence-electron chi connectivity index (χ0n) is 12.2. The molecule has 1 aromatic carbocycles. The van der Waals surface area contributed by atoms with Gasteiger partial charge in [-0.3, -0.25) is 9.59 Å². The molecule has 1 aliphatic heterocycles. The van der Waals surface area contributed by atoms with E-state index in [1.54, 1.807) is 0 Å². The van der Waals surface area contributed by atoms with Crippen LogP contribution in [0.4, 0.5) is 0 Å². The molecule has 0 spiro atoms. The van der Waals surface area contributed by atoms with Gasteiger partial charge in [0.1, 0.15) is 11.0 Å². The van der Waals surface area contributed by atoms with Crippen LogP contribution in [-0.4, -0.2) is 40.2 Å². The number of amidine groups is 1. The zero-order chi connectivity index (χ0) is 16.8. The molecular weight excluding hydrogens is 386 g/mol. The SMILES string of the molecule is CCOc1ccc(Br)cc1/C=N\N=C1\NC(=O)[C@@H](CC(=O)O)S1. The summed E-state index contributed by atoms with van der Waals surface area (Å²) in [5, 5.41) is 18.7. The quantitative estimate of drug-likeness (QED) is 0.564. The molecule has 1 saturated heterocycles. The van der Waals surface area contributed by atoms with Crippen LogP contribution in [0.1, 0.15) is 18.9 Å². The Hall–Kier alpha value is -1.87. The lowest BCUT2D eigenvalue weighted by atomic mass is 10.2. The van der Waals surface area contributed by atoms with E-state index in [2.05, 4.69) is 31.4 Å². The summed E-state index contributed by atoms with van der Waals surface area (Å²) in [4.78, 5) is 22.2. The molecule has 1 aromatic rings. The lowest BCUT2D eigenvalue weighted by Gasteiger charge is -2.06. The van der Waals surface area contributed by atoms with Crippen molar-refractivity contribution in [2.45, 2.75) is 18.6 Å². The molecule has 0 aliphatic carbocycles. The number of hydrogen-bond donors (Lipinski definition) is 2. The average molecular weight is 400 g/mol. The largest absolute Gasteiger partial charge is 0.493 e. The number of hydrogen-bond acceptors (Lipinski definition) is 6. The molecule has 1 amide bonds. The molecule has 0 aromatic heterocycles. The van der Waals surface area contributed by atoms with Gasteiger partial charge in [-0.1, -0.05) is 27.7 Å². The van der Waals surface area contributed by atoms with Crippen molar-refractivity contribution in [2.75, 3.05) is 6.61 Å². The molecular formula is C14H14BrN3O4S. The Labute approximate surface area is 145 Å². The van der Waals surface area contributed by atoms with Crippen LogP contribution in [0.5, 0.6) is 5.75 Å².